The quantitative estimate of drug-likeness (QED) is 0.539. The summed E-state index contributed by atoms with van der Waals surface area (Å²) in [6.07, 6.45) is 0. The third kappa shape index (κ3) is 1.19. The van der Waals surface area contributed by atoms with Crippen LogP contribution >= 0.6 is 0 Å². The van der Waals surface area contributed by atoms with Crippen molar-refractivity contribution in [3.8, 4) is 11.5 Å². The second-order valence-electron chi connectivity index (χ2n) is 2.62. The highest BCUT2D eigenvalue weighted by Gasteiger charge is 2.08. The van der Waals surface area contributed by atoms with Gasteiger partial charge in [0.2, 0.25) is 11.8 Å². The minimum absolute atomic E-state index is 0.350. The molecule has 0 aromatic carbocycles. The van der Waals surface area contributed by atoms with Crippen molar-refractivity contribution < 1.29 is 0 Å². The number of H-pyrrole nitrogens is 1. The third-order valence-electron chi connectivity index (χ3n) is 1.64. The second kappa shape index (κ2) is 2.47. The molecule has 7 nitrogen and oxygen atoms in total. The number of nitrogens with two attached hydrogens (primary N) is 2. The minimum atomic E-state index is 0.350. The number of aromatic nitrogens is 5. The largest absolute Gasteiger partial charge is 0.382 e. The molecule has 0 amide bonds. The average molecular weight is 179 g/mol. The van der Waals surface area contributed by atoms with Gasteiger partial charge in [-0.1, -0.05) is 0 Å². The van der Waals surface area contributed by atoms with Gasteiger partial charge in [-0.3, -0.25) is 5.10 Å². The van der Waals surface area contributed by atoms with E-state index in [1.807, 2.05) is 0 Å². The smallest absolute Gasteiger partial charge is 0.218 e. The molecule has 0 bridgehead atoms. The summed E-state index contributed by atoms with van der Waals surface area (Å²) in [6, 6.07) is 1.65. The molecule has 2 rings (SSSR count). The first kappa shape index (κ1) is 7.59. The van der Waals surface area contributed by atoms with Crippen LogP contribution in [0.15, 0.2) is 6.07 Å². The molecular weight excluding hydrogens is 170 g/mol. The van der Waals surface area contributed by atoms with Gasteiger partial charge in [0.15, 0.2) is 0 Å². The molecule has 2 aromatic rings. The summed E-state index contributed by atoms with van der Waals surface area (Å²) in [7, 11) is 1.71. The summed E-state index contributed by atoms with van der Waals surface area (Å²) in [6.45, 7) is 0. The van der Waals surface area contributed by atoms with E-state index in [1.165, 1.54) is 4.68 Å². The Morgan fingerprint density at radius 1 is 1.46 bits per heavy atom. The van der Waals surface area contributed by atoms with E-state index in [1.54, 1.807) is 13.1 Å². The van der Waals surface area contributed by atoms with Crippen molar-refractivity contribution in [1.82, 2.24) is 25.0 Å². The van der Waals surface area contributed by atoms with Crippen LogP contribution in [0.2, 0.25) is 0 Å². The van der Waals surface area contributed by atoms with Crippen LogP contribution in [0.25, 0.3) is 11.5 Å². The molecule has 0 unspecified atom stereocenters. The topological polar surface area (TPSA) is 111 Å². The lowest BCUT2D eigenvalue weighted by Gasteiger charge is -1.85. The van der Waals surface area contributed by atoms with Crippen LogP contribution in [-0.2, 0) is 7.05 Å². The van der Waals surface area contributed by atoms with E-state index in [4.69, 9.17) is 11.5 Å². The normalized spacial score (nSPS) is 10.5. The Hall–Kier alpha value is -2.05. The van der Waals surface area contributed by atoms with Crippen molar-refractivity contribution in [2.45, 2.75) is 0 Å². The van der Waals surface area contributed by atoms with Gasteiger partial charge in [0.25, 0.3) is 0 Å². The standard InChI is InChI=1S/C6H9N7/c1-13-6(8)9-5(12-13)3-2-4(7)11-10-3/h2H,1H3,(H3,7,10,11)(H2,8,9,12). The van der Waals surface area contributed by atoms with Crippen molar-refractivity contribution in [3.63, 3.8) is 0 Å². The number of aromatic amines is 1. The van der Waals surface area contributed by atoms with Crippen LogP contribution in [0.5, 0.6) is 0 Å². The fourth-order valence-electron chi connectivity index (χ4n) is 0.962. The summed E-state index contributed by atoms with van der Waals surface area (Å²) < 4.78 is 1.48. The first-order chi connectivity index (χ1) is 6.16. The second-order valence-corrected chi connectivity index (χ2v) is 2.62. The fourth-order valence-corrected chi connectivity index (χ4v) is 0.962. The first-order valence-corrected chi connectivity index (χ1v) is 3.64. The molecule has 0 saturated heterocycles. The molecule has 0 atom stereocenters. The Balaban J connectivity index is 2.46. The van der Waals surface area contributed by atoms with Gasteiger partial charge in [-0.2, -0.15) is 10.1 Å². The molecular formula is C6H9N7. The van der Waals surface area contributed by atoms with E-state index in [0.717, 1.165) is 0 Å². The van der Waals surface area contributed by atoms with Crippen molar-refractivity contribution in [1.29, 1.82) is 0 Å². The van der Waals surface area contributed by atoms with E-state index in [0.29, 0.717) is 23.3 Å². The number of aryl methyl sites for hydroxylation is 1. The Bertz CT molecular complexity index is 406. The van der Waals surface area contributed by atoms with Crippen LogP contribution in [0.1, 0.15) is 0 Å². The predicted molar refractivity (Wildman–Crippen MR) is 47.4 cm³/mol. The molecule has 0 aliphatic heterocycles. The summed E-state index contributed by atoms with van der Waals surface area (Å²) in [5.41, 5.74) is 11.6. The molecule has 13 heavy (non-hydrogen) atoms. The maximum Gasteiger partial charge on any atom is 0.218 e. The number of anilines is 2. The summed E-state index contributed by atoms with van der Waals surface area (Å²) >= 11 is 0. The van der Waals surface area contributed by atoms with E-state index in [2.05, 4.69) is 20.3 Å². The fraction of sp³-hybridized carbons (Fsp3) is 0.167. The van der Waals surface area contributed by atoms with Crippen molar-refractivity contribution in [2.75, 3.05) is 11.5 Å². The molecule has 68 valence electrons. The highest BCUT2D eigenvalue weighted by atomic mass is 15.4. The molecule has 7 heteroatoms. The zero-order valence-electron chi connectivity index (χ0n) is 7.02. The van der Waals surface area contributed by atoms with E-state index < -0.39 is 0 Å². The van der Waals surface area contributed by atoms with Crippen molar-refractivity contribution >= 4 is 11.8 Å². The van der Waals surface area contributed by atoms with Crippen LogP contribution in [0.4, 0.5) is 11.8 Å². The van der Waals surface area contributed by atoms with Crippen LogP contribution in [0, 0.1) is 0 Å². The van der Waals surface area contributed by atoms with Gasteiger partial charge in [-0.05, 0) is 0 Å². The number of hydrogen-bond donors (Lipinski definition) is 3. The number of nitrogen functional groups attached to an aromatic ring is 2. The summed E-state index contributed by atoms with van der Waals surface area (Å²) in [5.74, 6) is 1.24. The average Bonchev–Trinajstić information content (AvgIpc) is 2.61. The van der Waals surface area contributed by atoms with E-state index in [-0.39, 0.29) is 0 Å². The molecule has 0 aliphatic carbocycles. The Kier molecular flexibility index (Phi) is 1.44. The Labute approximate surface area is 73.8 Å². The van der Waals surface area contributed by atoms with E-state index >= 15 is 0 Å². The minimum Gasteiger partial charge on any atom is -0.382 e. The zero-order chi connectivity index (χ0) is 9.42. The summed E-state index contributed by atoms with van der Waals surface area (Å²) in [4.78, 5) is 4.00. The number of nitrogens with zero attached hydrogens (tertiary/aromatic N) is 4. The number of nitrogens with one attached hydrogen (secondary N) is 1. The SMILES string of the molecule is Cn1nc(-c2cc(N)n[nH]2)nc1N. The zero-order valence-corrected chi connectivity index (χ0v) is 7.02. The monoisotopic (exact) mass is 179 g/mol. The number of hydrogen-bond acceptors (Lipinski definition) is 5. The number of rotatable bonds is 1. The van der Waals surface area contributed by atoms with Gasteiger partial charge in [0.05, 0.1) is 0 Å². The molecule has 2 heterocycles. The lowest BCUT2D eigenvalue weighted by Crippen LogP contribution is -1.97. The third-order valence-corrected chi connectivity index (χ3v) is 1.64. The molecule has 5 N–H and O–H groups in total. The van der Waals surface area contributed by atoms with Gasteiger partial charge in [0, 0.05) is 13.1 Å². The van der Waals surface area contributed by atoms with Gasteiger partial charge < -0.3 is 11.5 Å². The van der Waals surface area contributed by atoms with Crippen LogP contribution < -0.4 is 11.5 Å². The first-order valence-electron chi connectivity index (χ1n) is 3.64. The van der Waals surface area contributed by atoms with Crippen molar-refractivity contribution in [2.24, 2.45) is 7.05 Å². The molecule has 0 radical (unpaired) electrons. The molecule has 0 spiro atoms. The van der Waals surface area contributed by atoms with Gasteiger partial charge in [-0.25, -0.2) is 4.68 Å². The Morgan fingerprint density at radius 3 is 2.69 bits per heavy atom. The molecule has 0 saturated carbocycles. The van der Waals surface area contributed by atoms with Gasteiger partial charge in [-0.15, -0.1) is 5.10 Å². The Morgan fingerprint density at radius 2 is 2.23 bits per heavy atom. The molecule has 0 aliphatic rings. The summed E-state index contributed by atoms with van der Waals surface area (Å²) in [5, 5.41) is 10.5. The lowest BCUT2D eigenvalue weighted by atomic mass is 10.4. The maximum absolute atomic E-state index is 5.51. The van der Waals surface area contributed by atoms with Crippen LogP contribution in [0.3, 0.4) is 0 Å². The van der Waals surface area contributed by atoms with Crippen LogP contribution in [-0.4, -0.2) is 25.0 Å². The lowest BCUT2D eigenvalue weighted by molar-refractivity contribution is 0.779. The highest BCUT2D eigenvalue weighted by molar-refractivity contribution is 5.54. The maximum atomic E-state index is 5.51. The molecule has 0 fully saturated rings. The highest BCUT2D eigenvalue weighted by Crippen LogP contribution is 2.14. The van der Waals surface area contributed by atoms with E-state index in [9.17, 15) is 0 Å². The van der Waals surface area contributed by atoms with Gasteiger partial charge >= 0.3 is 0 Å². The van der Waals surface area contributed by atoms with Crippen molar-refractivity contribution in [3.05, 3.63) is 6.07 Å². The predicted octanol–water partition coefficient (Wildman–Crippen LogP) is -0.630. The molecule has 2 aromatic heterocycles. The van der Waals surface area contributed by atoms with Gasteiger partial charge in [0.1, 0.15) is 11.5 Å².